The summed E-state index contributed by atoms with van der Waals surface area (Å²) in [6.45, 7) is 4.27. The van der Waals surface area contributed by atoms with Gasteiger partial charge in [-0.25, -0.2) is 9.78 Å². The largest absolute Gasteiger partial charge is 0.494 e. The van der Waals surface area contributed by atoms with Crippen molar-refractivity contribution in [2.45, 2.75) is 63.5 Å². The third kappa shape index (κ3) is 4.51. The Bertz CT molecular complexity index is 1060. The monoisotopic (exact) mass is 450 g/mol. The maximum absolute atomic E-state index is 13.2. The molecule has 1 heterocycles. The van der Waals surface area contributed by atoms with E-state index in [1.165, 1.54) is 6.20 Å². The highest BCUT2D eigenvalue weighted by Crippen LogP contribution is 2.57. The van der Waals surface area contributed by atoms with E-state index >= 15 is 0 Å². The number of nitrogens with zero attached hydrogens (tertiary/aromatic N) is 2. The van der Waals surface area contributed by atoms with Crippen LogP contribution in [0.15, 0.2) is 36.7 Å². The Kier molecular flexibility index (Phi) is 5.46. The maximum atomic E-state index is 13.2. The highest BCUT2D eigenvalue weighted by atomic mass is 16.6. The number of carbonyl (C=O) groups excluding carboxylic acids is 2. The third-order valence-corrected chi connectivity index (χ3v) is 7.14. The van der Waals surface area contributed by atoms with Crippen molar-refractivity contribution in [2.24, 2.45) is 11.8 Å². The minimum absolute atomic E-state index is 0.0914. The predicted octanol–water partition coefficient (Wildman–Crippen LogP) is 3.79. The Morgan fingerprint density at radius 3 is 2.52 bits per heavy atom. The molecule has 4 aliphatic rings. The normalized spacial score (nSPS) is 29.4. The van der Waals surface area contributed by atoms with Gasteiger partial charge in [0.1, 0.15) is 5.75 Å². The fourth-order valence-corrected chi connectivity index (χ4v) is 6.59. The molecule has 2 N–H and O–H groups in total. The Morgan fingerprint density at radius 2 is 1.82 bits per heavy atom. The first-order valence-corrected chi connectivity index (χ1v) is 11.7. The summed E-state index contributed by atoms with van der Waals surface area (Å²) in [5, 5.41) is 6.51. The third-order valence-electron chi connectivity index (χ3n) is 7.14. The van der Waals surface area contributed by atoms with Crippen LogP contribution in [0.2, 0.25) is 0 Å². The molecule has 2 amide bonds. The van der Waals surface area contributed by atoms with Crippen LogP contribution < -0.4 is 20.1 Å². The van der Waals surface area contributed by atoms with Crippen molar-refractivity contribution < 1.29 is 19.1 Å². The molecule has 8 heteroatoms. The minimum Gasteiger partial charge on any atom is -0.494 e. The second-order valence-electron chi connectivity index (χ2n) is 9.95. The molecular formula is C25H30N4O4. The van der Waals surface area contributed by atoms with Crippen molar-refractivity contribution in [1.82, 2.24) is 20.6 Å². The van der Waals surface area contributed by atoms with Crippen LogP contribution in [-0.4, -0.2) is 39.7 Å². The first-order chi connectivity index (χ1) is 15.9. The number of aromatic nitrogens is 2. The van der Waals surface area contributed by atoms with E-state index in [0.717, 1.165) is 32.1 Å². The summed E-state index contributed by atoms with van der Waals surface area (Å²) in [4.78, 5) is 34.2. The van der Waals surface area contributed by atoms with Gasteiger partial charge in [-0.15, -0.1) is 0 Å². The summed E-state index contributed by atoms with van der Waals surface area (Å²) in [6, 6.07) is 7.29. The number of hydrogen-bond donors (Lipinski definition) is 2. The molecule has 4 fully saturated rings. The summed E-state index contributed by atoms with van der Waals surface area (Å²) < 4.78 is 11.0. The van der Waals surface area contributed by atoms with Gasteiger partial charge in [0.2, 0.25) is 5.88 Å². The number of ether oxygens (including phenoxy) is 2. The van der Waals surface area contributed by atoms with E-state index < -0.39 is 6.09 Å². The summed E-state index contributed by atoms with van der Waals surface area (Å²) in [6.07, 6.45) is 8.11. The number of benzene rings is 1. The van der Waals surface area contributed by atoms with Crippen molar-refractivity contribution in [3.63, 3.8) is 0 Å². The number of hydrogen-bond acceptors (Lipinski definition) is 6. The average Bonchev–Trinajstić information content (AvgIpc) is 2.72. The molecule has 0 radical (unpaired) electrons. The molecule has 8 nitrogen and oxygen atoms in total. The van der Waals surface area contributed by atoms with Gasteiger partial charge in [-0.05, 0) is 82.4 Å². The van der Waals surface area contributed by atoms with Gasteiger partial charge in [0.05, 0.1) is 18.5 Å². The Hall–Kier alpha value is -3.16. The Balaban J connectivity index is 1.31. The van der Waals surface area contributed by atoms with Crippen LogP contribution in [0.3, 0.4) is 0 Å². The highest BCUT2D eigenvalue weighted by Gasteiger charge is 2.59. The molecule has 2 unspecified atom stereocenters. The van der Waals surface area contributed by atoms with Crippen molar-refractivity contribution >= 4 is 12.0 Å². The molecule has 0 aliphatic heterocycles. The zero-order chi connectivity index (χ0) is 23.1. The van der Waals surface area contributed by atoms with Crippen LogP contribution in [0.25, 0.3) is 0 Å². The van der Waals surface area contributed by atoms with Gasteiger partial charge >= 0.3 is 6.09 Å². The van der Waals surface area contributed by atoms with Crippen LogP contribution in [0.5, 0.6) is 11.6 Å². The summed E-state index contributed by atoms with van der Waals surface area (Å²) >= 11 is 0. The summed E-state index contributed by atoms with van der Waals surface area (Å²) in [5.41, 5.74) is 0.583. The first-order valence-electron chi connectivity index (χ1n) is 11.7. The Morgan fingerprint density at radius 1 is 1.09 bits per heavy atom. The molecule has 2 aromatic rings. The predicted molar refractivity (Wildman–Crippen MR) is 121 cm³/mol. The minimum atomic E-state index is -0.511. The first kappa shape index (κ1) is 21.7. The van der Waals surface area contributed by atoms with E-state index in [9.17, 15) is 9.59 Å². The number of carbonyl (C=O) groups is 2. The van der Waals surface area contributed by atoms with Crippen LogP contribution >= 0.6 is 0 Å². The second kappa shape index (κ2) is 8.32. The SMILES string of the molecule is CCOc1cccc(C(=O)NC23CC4CC(CC(NC(=O)Oc5cncc(C)n5)(C4)C2)C3)c1. The number of rotatable bonds is 6. The molecule has 33 heavy (non-hydrogen) atoms. The molecule has 0 saturated heterocycles. The van der Waals surface area contributed by atoms with Crippen molar-refractivity contribution in [3.8, 4) is 11.6 Å². The lowest BCUT2D eigenvalue weighted by Gasteiger charge is -2.62. The molecule has 1 aromatic carbocycles. The van der Waals surface area contributed by atoms with Gasteiger partial charge in [0.25, 0.3) is 5.91 Å². The lowest BCUT2D eigenvalue weighted by molar-refractivity contribution is -0.0449. The molecule has 4 saturated carbocycles. The average molecular weight is 451 g/mol. The molecule has 4 bridgehead atoms. The van der Waals surface area contributed by atoms with E-state index in [2.05, 4.69) is 20.6 Å². The van der Waals surface area contributed by atoms with E-state index in [1.54, 1.807) is 19.2 Å². The molecule has 6 rings (SSSR count). The maximum Gasteiger partial charge on any atom is 0.414 e. The Labute approximate surface area is 193 Å². The van der Waals surface area contributed by atoms with Crippen molar-refractivity contribution in [1.29, 1.82) is 0 Å². The van der Waals surface area contributed by atoms with Crippen LogP contribution in [0.1, 0.15) is 61.5 Å². The number of nitrogens with one attached hydrogen (secondary N) is 2. The smallest absolute Gasteiger partial charge is 0.414 e. The van der Waals surface area contributed by atoms with E-state index in [4.69, 9.17) is 9.47 Å². The van der Waals surface area contributed by atoms with Gasteiger partial charge in [-0.1, -0.05) is 6.07 Å². The fraction of sp³-hybridized carbons (Fsp3) is 0.520. The second-order valence-corrected chi connectivity index (χ2v) is 9.95. The molecule has 0 spiro atoms. The van der Waals surface area contributed by atoms with Crippen LogP contribution in [0, 0.1) is 18.8 Å². The van der Waals surface area contributed by atoms with E-state index in [1.807, 2.05) is 25.1 Å². The lowest BCUT2D eigenvalue weighted by atomic mass is 9.50. The molecule has 4 aliphatic carbocycles. The van der Waals surface area contributed by atoms with Gasteiger partial charge in [-0.2, -0.15) is 0 Å². The molecule has 2 atom stereocenters. The zero-order valence-corrected chi connectivity index (χ0v) is 19.1. The number of aryl methyl sites for hydroxylation is 1. The number of amides is 2. The van der Waals surface area contributed by atoms with Crippen molar-refractivity contribution in [2.75, 3.05) is 6.61 Å². The lowest BCUT2D eigenvalue weighted by Crippen LogP contribution is -2.70. The standard InChI is InChI=1S/C25H30N4O4/c1-3-32-20-6-4-5-19(8-20)22(30)28-24-9-17-7-18(10-24)12-25(11-17,15-24)29-23(31)33-21-14-26-13-16(2)27-21/h4-6,8,13-14,17-18H,3,7,9-12,15H2,1-2H3,(H,28,30)(H,29,31). The van der Waals surface area contributed by atoms with Crippen LogP contribution in [-0.2, 0) is 0 Å². The molecule has 1 aromatic heterocycles. The van der Waals surface area contributed by atoms with Gasteiger partial charge < -0.3 is 20.1 Å². The van der Waals surface area contributed by atoms with E-state index in [0.29, 0.717) is 41.9 Å². The quantitative estimate of drug-likeness (QED) is 0.694. The van der Waals surface area contributed by atoms with Gasteiger partial charge in [0, 0.05) is 22.8 Å². The highest BCUT2D eigenvalue weighted by molar-refractivity contribution is 5.95. The van der Waals surface area contributed by atoms with Gasteiger partial charge in [-0.3, -0.25) is 9.78 Å². The van der Waals surface area contributed by atoms with E-state index in [-0.39, 0.29) is 22.9 Å². The van der Waals surface area contributed by atoms with Gasteiger partial charge in [0.15, 0.2) is 0 Å². The molecular weight excluding hydrogens is 420 g/mol. The van der Waals surface area contributed by atoms with Crippen LogP contribution in [0.4, 0.5) is 4.79 Å². The molecule has 174 valence electrons. The topological polar surface area (TPSA) is 102 Å². The zero-order valence-electron chi connectivity index (χ0n) is 19.1. The fourth-order valence-electron chi connectivity index (χ4n) is 6.59. The van der Waals surface area contributed by atoms with Crippen molar-refractivity contribution in [3.05, 3.63) is 47.9 Å². The summed E-state index contributed by atoms with van der Waals surface area (Å²) in [7, 11) is 0. The summed E-state index contributed by atoms with van der Waals surface area (Å²) in [5.74, 6) is 1.73.